The van der Waals surface area contributed by atoms with Crippen LogP contribution in [0.2, 0.25) is 0 Å². The summed E-state index contributed by atoms with van der Waals surface area (Å²) >= 11 is 0. The average Bonchev–Trinajstić information content (AvgIpc) is 2.72. The molecule has 1 rings (SSSR count). The van der Waals surface area contributed by atoms with Crippen molar-refractivity contribution in [2.75, 3.05) is 0 Å². The first kappa shape index (κ1) is 25.2. The molecule has 1 aromatic heterocycles. The fourth-order valence-electron chi connectivity index (χ4n) is 4.11. The molecule has 0 aliphatic rings. The predicted molar refractivity (Wildman–Crippen MR) is 125 cm³/mol. The molecule has 0 spiro atoms. The molecule has 0 atom stereocenters. The van der Waals surface area contributed by atoms with E-state index in [1.54, 1.807) is 0 Å². The summed E-state index contributed by atoms with van der Waals surface area (Å²) in [6.45, 7) is 5.77. The Hall–Kier alpha value is -0.850. The molecule has 28 heavy (non-hydrogen) atoms. The van der Waals surface area contributed by atoms with Crippen LogP contribution in [0.4, 0.5) is 0 Å². The fraction of sp³-hybridized carbons (Fsp3) is 0.815. The van der Waals surface area contributed by atoms with Gasteiger partial charge in [0.05, 0.1) is 0 Å². The van der Waals surface area contributed by atoms with Crippen LogP contribution >= 0.6 is 0 Å². The molecule has 0 saturated heterocycles. The summed E-state index contributed by atoms with van der Waals surface area (Å²) in [5.74, 6) is 0. The van der Waals surface area contributed by atoms with E-state index in [9.17, 15) is 0 Å². The minimum atomic E-state index is 1.19. The number of rotatable bonds is 20. The van der Waals surface area contributed by atoms with Gasteiger partial charge in [0.2, 0.25) is 0 Å². The quantitative estimate of drug-likeness (QED) is 0.155. The van der Waals surface area contributed by atoms with Gasteiger partial charge < -0.3 is 0 Å². The molecule has 0 unspecified atom stereocenters. The van der Waals surface area contributed by atoms with E-state index in [0.717, 1.165) is 0 Å². The van der Waals surface area contributed by atoms with Gasteiger partial charge in [-0.1, -0.05) is 110 Å². The summed E-state index contributed by atoms with van der Waals surface area (Å²) in [4.78, 5) is 0. The Morgan fingerprint density at radius 3 is 1.57 bits per heavy atom. The van der Waals surface area contributed by atoms with E-state index in [2.05, 4.69) is 42.9 Å². The highest BCUT2D eigenvalue weighted by molar-refractivity contribution is 5.05. The first-order valence-electron chi connectivity index (χ1n) is 12.8. The minimum absolute atomic E-state index is 1.19. The number of hydrogen-bond donors (Lipinski definition) is 0. The number of unbranched alkanes of at least 4 members (excludes halogenated alkanes) is 16. The molecule has 0 fully saturated rings. The Morgan fingerprint density at radius 1 is 0.571 bits per heavy atom. The highest BCUT2D eigenvalue weighted by atomic mass is 14.9. The fourth-order valence-corrected chi connectivity index (χ4v) is 4.11. The molecule has 1 heteroatoms. The first-order valence-corrected chi connectivity index (χ1v) is 12.8. The van der Waals surface area contributed by atoms with Crippen molar-refractivity contribution in [1.29, 1.82) is 0 Å². The molecule has 0 radical (unpaired) electrons. The molecule has 1 heterocycles. The van der Waals surface area contributed by atoms with Crippen molar-refractivity contribution >= 4 is 0 Å². The smallest absolute Gasteiger partial charge is 0.171 e. The van der Waals surface area contributed by atoms with Crippen LogP contribution in [-0.2, 0) is 13.0 Å². The van der Waals surface area contributed by atoms with Crippen molar-refractivity contribution in [2.24, 2.45) is 0 Å². The van der Waals surface area contributed by atoms with Crippen LogP contribution in [0.3, 0.4) is 0 Å². The number of aromatic nitrogens is 1. The van der Waals surface area contributed by atoms with Gasteiger partial charge in [-0.15, -0.1) is 0 Å². The van der Waals surface area contributed by atoms with Gasteiger partial charge >= 0.3 is 0 Å². The third-order valence-electron chi connectivity index (χ3n) is 6.01. The van der Waals surface area contributed by atoms with Crippen molar-refractivity contribution in [2.45, 2.75) is 142 Å². The second kappa shape index (κ2) is 19.5. The zero-order valence-electron chi connectivity index (χ0n) is 19.4. The van der Waals surface area contributed by atoms with Crippen LogP contribution in [0.15, 0.2) is 24.5 Å². The lowest BCUT2D eigenvalue weighted by Gasteiger charge is -2.04. The highest BCUT2D eigenvalue weighted by Crippen LogP contribution is 2.13. The van der Waals surface area contributed by atoms with Crippen molar-refractivity contribution in [3.8, 4) is 0 Å². The predicted octanol–water partition coefficient (Wildman–Crippen LogP) is 8.58. The lowest BCUT2D eigenvalue weighted by molar-refractivity contribution is -0.697. The van der Waals surface area contributed by atoms with Gasteiger partial charge in [-0.05, 0) is 25.3 Å². The summed E-state index contributed by atoms with van der Waals surface area (Å²) in [7, 11) is 0. The van der Waals surface area contributed by atoms with Crippen molar-refractivity contribution < 1.29 is 4.57 Å². The maximum Gasteiger partial charge on any atom is 0.171 e. The standard InChI is InChI=1S/C27H50N/c1-3-5-7-9-10-11-12-13-14-15-16-17-18-19-22-27-23-21-25-28(26-27)24-20-8-6-4-2/h21,23,25-26H,3-20,22,24H2,1-2H3/q+1. The summed E-state index contributed by atoms with van der Waals surface area (Å²) in [5, 5.41) is 0. The van der Waals surface area contributed by atoms with E-state index < -0.39 is 0 Å². The third-order valence-corrected chi connectivity index (χ3v) is 6.01. The third kappa shape index (κ3) is 15.1. The Kier molecular flexibility index (Phi) is 17.5. The molecular weight excluding hydrogens is 338 g/mol. The summed E-state index contributed by atoms with van der Waals surface area (Å²) in [6, 6.07) is 4.55. The van der Waals surface area contributed by atoms with Gasteiger partial charge in [0.15, 0.2) is 12.4 Å². The van der Waals surface area contributed by atoms with Gasteiger partial charge in [0, 0.05) is 18.1 Å². The molecule has 1 nitrogen and oxygen atoms in total. The molecule has 1 aromatic rings. The van der Waals surface area contributed by atoms with Crippen LogP contribution in [0, 0.1) is 0 Å². The van der Waals surface area contributed by atoms with Crippen molar-refractivity contribution in [3.63, 3.8) is 0 Å². The van der Waals surface area contributed by atoms with Crippen LogP contribution in [-0.4, -0.2) is 0 Å². The van der Waals surface area contributed by atoms with Gasteiger partial charge in [-0.3, -0.25) is 0 Å². The zero-order chi connectivity index (χ0) is 20.1. The lowest BCUT2D eigenvalue weighted by atomic mass is 10.0. The molecule has 0 amide bonds. The molecule has 0 bridgehead atoms. The van der Waals surface area contributed by atoms with Gasteiger partial charge in [0.1, 0.15) is 6.54 Å². The summed E-state index contributed by atoms with van der Waals surface area (Å²) in [5.41, 5.74) is 1.52. The molecular formula is C27H50N+. The van der Waals surface area contributed by atoms with Crippen LogP contribution < -0.4 is 4.57 Å². The van der Waals surface area contributed by atoms with Crippen LogP contribution in [0.25, 0.3) is 0 Å². The van der Waals surface area contributed by atoms with Crippen LogP contribution in [0.5, 0.6) is 0 Å². The second-order valence-corrected chi connectivity index (χ2v) is 8.86. The average molecular weight is 389 g/mol. The number of nitrogens with zero attached hydrogens (tertiary/aromatic N) is 1. The molecule has 0 aromatic carbocycles. The van der Waals surface area contributed by atoms with Crippen LogP contribution in [0.1, 0.15) is 135 Å². The minimum Gasteiger partial charge on any atom is -0.205 e. The Bertz CT molecular complexity index is 440. The van der Waals surface area contributed by atoms with E-state index in [4.69, 9.17) is 0 Å². The van der Waals surface area contributed by atoms with E-state index in [0.29, 0.717) is 0 Å². The monoisotopic (exact) mass is 388 g/mol. The second-order valence-electron chi connectivity index (χ2n) is 8.86. The van der Waals surface area contributed by atoms with Crippen molar-refractivity contribution in [1.82, 2.24) is 0 Å². The topological polar surface area (TPSA) is 3.88 Å². The van der Waals surface area contributed by atoms with Gasteiger partial charge in [0.25, 0.3) is 0 Å². The number of hydrogen-bond acceptors (Lipinski definition) is 0. The van der Waals surface area contributed by atoms with Gasteiger partial charge in [-0.25, -0.2) is 4.57 Å². The Labute approximate surface area is 177 Å². The van der Waals surface area contributed by atoms with Gasteiger partial charge in [-0.2, -0.15) is 0 Å². The molecule has 0 aliphatic heterocycles. The maximum atomic E-state index is 2.40. The number of aryl methyl sites for hydroxylation is 2. The molecule has 0 saturated carbocycles. The summed E-state index contributed by atoms with van der Waals surface area (Å²) in [6.07, 6.45) is 31.4. The van der Waals surface area contributed by atoms with Crippen molar-refractivity contribution in [3.05, 3.63) is 30.1 Å². The normalized spacial score (nSPS) is 11.2. The lowest BCUT2D eigenvalue weighted by Crippen LogP contribution is -2.33. The number of pyridine rings is 1. The van der Waals surface area contributed by atoms with E-state index in [1.165, 1.54) is 134 Å². The Morgan fingerprint density at radius 2 is 1.04 bits per heavy atom. The highest BCUT2D eigenvalue weighted by Gasteiger charge is 2.03. The summed E-state index contributed by atoms with van der Waals surface area (Å²) < 4.78 is 2.40. The molecule has 162 valence electrons. The van der Waals surface area contributed by atoms with E-state index in [1.807, 2.05) is 0 Å². The van der Waals surface area contributed by atoms with E-state index >= 15 is 0 Å². The zero-order valence-corrected chi connectivity index (χ0v) is 19.4. The SMILES string of the molecule is CCCCCCCCCCCCCCCCc1ccc[n+](CCCCCC)c1. The first-order chi connectivity index (χ1) is 13.9. The van der Waals surface area contributed by atoms with E-state index in [-0.39, 0.29) is 0 Å². The molecule has 0 aliphatic carbocycles. The maximum absolute atomic E-state index is 2.40. The Balaban J connectivity index is 1.90. The molecule has 0 N–H and O–H groups in total. The largest absolute Gasteiger partial charge is 0.205 e.